The topological polar surface area (TPSA) is 86.0 Å². The molecule has 6 nitrogen and oxygen atoms in total. The van der Waals surface area contributed by atoms with Crippen molar-refractivity contribution >= 4 is 34.2 Å². The van der Waals surface area contributed by atoms with Crippen molar-refractivity contribution in [2.24, 2.45) is 0 Å². The van der Waals surface area contributed by atoms with Gasteiger partial charge in [-0.05, 0) is 68.8 Å². The fraction of sp³-hybridized carbons (Fsp3) is 0.238. The Labute approximate surface area is 162 Å². The molecule has 0 aliphatic heterocycles. The van der Waals surface area contributed by atoms with Gasteiger partial charge in [-0.1, -0.05) is 0 Å². The summed E-state index contributed by atoms with van der Waals surface area (Å²) in [7, 11) is 0. The van der Waals surface area contributed by atoms with E-state index in [-0.39, 0.29) is 30.2 Å². The highest BCUT2D eigenvalue weighted by molar-refractivity contribution is 5.97. The van der Waals surface area contributed by atoms with Crippen molar-refractivity contribution in [1.82, 2.24) is 10.3 Å². The summed E-state index contributed by atoms with van der Waals surface area (Å²) in [6, 6.07) is 11.1. The third kappa shape index (κ3) is 4.68. The molecule has 2 aromatic carbocycles. The first kappa shape index (κ1) is 19.4. The van der Waals surface area contributed by atoms with Crippen molar-refractivity contribution < 1.29 is 14.0 Å². The molecule has 0 aliphatic carbocycles. The Hall–Kier alpha value is -3.35. The maximum atomic E-state index is 13.6. The van der Waals surface area contributed by atoms with Gasteiger partial charge in [0, 0.05) is 34.0 Å². The number of amides is 3. The van der Waals surface area contributed by atoms with Crippen LogP contribution in [-0.4, -0.2) is 23.0 Å². The number of urea groups is 1. The van der Waals surface area contributed by atoms with Crippen LogP contribution in [0.4, 0.5) is 20.6 Å². The van der Waals surface area contributed by atoms with Crippen LogP contribution in [0.25, 0.3) is 10.9 Å². The minimum Gasteiger partial charge on any atom is -0.358 e. The van der Waals surface area contributed by atoms with E-state index < -0.39 is 0 Å². The van der Waals surface area contributed by atoms with E-state index in [9.17, 15) is 14.0 Å². The van der Waals surface area contributed by atoms with E-state index in [0.29, 0.717) is 16.8 Å². The standard InChI is InChI=1S/C21H23FN4O2/c1-12(2)23-21(28)26-16-7-5-15(6-8-16)25-20(27)11-17-13(3)24-19-9-4-14(22)10-18(17)19/h4-10,12,24H,11H2,1-3H3,(H,25,27)(H2,23,26,28). The van der Waals surface area contributed by atoms with E-state index in [1.165, 1.54) is 12.1 Å². The van der Waals surface area contributed by atoms with E-state index in [4.69, 9.17) is 0 Å². The summed E-state index contributed by atoms with van der Waals surface area (Å²) in [6.07, 6.45) is 0.131. The number of aromatic nitrogens is 1. The predicted molar refractivity (Wildman–Crippen MR) is 109 cm³/mol. The molecule has 3 aromatic rings. The first-order chi connectivity index (χ1) is 13.3. The van der Waals surface area contributed by atoms with Gasteiger partial charge >= 0.3 is 6.03 Å². The van der Waals surface area contributed by atoms with E-state index >= 15 is 0 Å². The van der Waals surface area contributed by atoms with Crippen LogP contribution < -0.4 is 16.0 Å². The number of anilines is 2. The number of aryl methyl sites for hydroxylation is 1. The number of halogens is 1. The molecule has 3 rings (SSSR count). The number of aromatic amines is 1. The van der Waals surface area contributed by atoms with Gasteiger partial charge in [0.1, 0.15) is 5.82 Å². The van der Waals surface area contributed by atoms with Gasteiger partial charge in [-0.2, -0.15) is 0 Å². The molecular formula is C21H23FN4O2. The third-order valence-corrected chi connectivity index (χ3v) is 4.27. The van der Waals surface area contributed by atoms with Crippen molar-refractivity contribution in [2.45, 2.75) is 33.2 Å². The smallest absolute Gasteiger partial charge is 0.319 e. The highest BCUT2D eigenvalue weighted by Crippen LogP contribution is 2.24. The monoisotopic (exact) mass is 382 g/mol. The number of carbonyl (C=O) groups excluding carboxylic acids is 2. The number of rotatable bonds is 5. The van der Waals surface area contributed by atoms with Crippen LogP contribution in [0.15, 0.2) is 42.5 Å². The zero-order valence-electron chi connectivity index (χ0n) is 16.0. The normalized spacial score (nSPS) is 10.9. The second kappa shape index (κ2) is 8.12. The first-order valence-corrected chi connectivity index (χ1v) is 9.06. The summed E-state index contributed by atoms with van der Waals surface area (Å²) in [4.78, 5) is 27.3. The van der Waals surface area contributed by atoms with Gasteiger partial charge in [0.15, 0.2) is 0 Å². The lowest BCUT2D eigenvalue weighted by atomic mass is 10.1. The van der Waals surface area contributed by atoms with Crippen LogP contribution in [-0.2, 0) is 11.2 Å². The van der Waals surface area contributed by atoms with Gasteiger partial charge in [0.05, 0.1) is 6.42 Å². The maximum absolute atomic E-state index is 13.6. The van der Waals surface area contributed by atoms with Crippen LogP contribution in [0.2, 0.25) is 0 Å². The van der Waals surface area contributed by atoms with Crippen LogP contribution in [0.1, 0.15) is 25.1 Å². The summed E-state index contributed by atoms with van der Waals surface area (Å²) in [5.74, 6) is -0.538. The Kier molecular flexibility index (Phi) is 5.63. The molecule has 0 atom stereocenters. The molecular weight excluding hydrogens is 359 g/mol. The van der Waals surface area contributed by atoms with Crippen molar-refractivity contribution in [3.05, 3.63) is 59.5 Å². The molecule has 0 radical (unpaired) electrons. The van der Waals surface area contributed by atoms with Gasteiger partial charge in [-0.15, -0.1) is 0 Å². The van der Waals surface area contributed by atoms with Crippen molar-refractivity contribution in [2.75, 3.05) is 10.6 Å². The highest BCUT2D eigenvalue weighted by Gasteiger charge is 2.13. The zero-order valence-corrected chi connectivity index (χ0v) is 16.0. The molecule has 0 aliphatic rings. The van der Waals surface area contributed by atoms with Gasteiger partial charge in [-0.25, -0.2) is 9.18 Å². The Morgan fingerprint density at radius 3 is 2.32 bits per heavy atom. The van der Waals surface area contributed by atoms with Gasteiger partial charge in [-0.3, -0.25) is 4.79 Å². The summed E-state index contributed by atoms with van der Waals surface area (Å²) in [5, 5.41) is 8.99. The average molecular weight is 382 g/mol. The van der Waals surface area contributed by atoms with Crippen molar-refractivity contribution in [3.8, 4) is 0 Å². The number of hydrogen-bond donors (Lipinski definition) is 4. The molecule has 7 heteroatoms. The fourth-order valence-electron chi connectivity index (χ4n) is 3.01. The van der Waals surface area contributed by atoms with Crippen LogP contribution in [0.3, 0.4) is 0 Å². The Bertz CT molecular complexity index is 1010. The van der Waals surface area contributed by atoms with Crippen LogP contribution in [0, 0.1) is 12.7 Å². The molecule has 0 unspecified atom stereocenters. The van der Waals surface area contributed by atoms with E-state index in [2.05, 4.69) is 20.9 Å². The Morgan fingerprint density at radius 2 is 1.68 bits per heavy atom. The lowest BCUT2D eigenvalue weighted by Crippen LogP contribution is -2.34. The van der Waals surface area contributed by atoms with E-state index in [1.54, 1.807) is 30.3 Å². The molecule has 3 amide bonds. The first-order valence-electron chi connectivity index (χ1n) is 9.06. The summed E-state index contributed by atoms with van der Waals surface area (Å²) in [6.45, 7) is 5.62. The fourth-order valence-corrected chi connectivity index (χ4v) is 3.01. The Morgan fingerprint density at radius 1 is 1.04 bits per heavy atom. The molecule has 28 heavy (non-hydrogen) atoms. The quantitative estimate of drug-likeness (QED) is 0.529. The molecule has 0 spiro atoms. The molecule has 0 saturated carbocycles. The maximum Gasteiger partial charge on any atom is 0.319 e. The average Bonchev–Trinajstić information content (AvgIpc) is 2.91. The minimum atomic E-state index is -0.335. The summed E-state index contributed by atoms with van der Waals surface area (Å²) < 4.78 is 13.6. The third-order valence-electron chi connectivity index (χ3n) is 4.27. The van der Waals surface area contributed by atoms with Crippen molar-refractivity contribution in [3.63, 3.8) is 0 Å². The molecule has 4 N–H and O–H groups in total. The minimum absolute atomic E-state index is 0.0417. The SMILES string of the molecule is Cc1[nH]c2ccc(F)cc2c1CC(=O)Nc1ccc(NC(=O)NC(C)C)cc1. The second-order valence-corrected chi connectivity index (χ2v) is 6.97. The van der Waals surface area contributed by atoms with Gasteiger partial charge in [0.25, 0.3) is 0 Å². The largest absolute Gasteiger partial charge is 0.358 e. The van der Waals surface area contributed by atoms with Crippen molar-refractivity contribution in [1.29, 1.82) is 0 Å². The molecule has 0 fully saturated rings. The zero-order chi connectivity index (χ0) is 20.3. The number of hydrogen-bond acceptors (Lipinski definition) is 2. The van der Waals surface area contributed by atoms with Gasteiger partial charge < -0.3 is 20.9 Å². The number of carbonyl (C=O) groups is 2. The Balaban J connectivity index is 1.65. The molecule has 146 valence electrons. The molecule has 1 heterocycles. The molecule has 1 aromatic heterocycles. The molecule has 0 bridgehead atoms. The van der Waals surface area contributed by atoms with Crippen LogP contribution >= 0.6 is 0 Å². The predicted octanol–water partition coefficient (Wildman–Crippen LogP) is 4.33. The van der Waals surface area contributed by atoms with E-state index in [0.717, 1.165) is 16.8 Å². The summed E-state index contributed by atoms with van der Waals surface area (Å²) in [5.41, 5.74) is 3.65. The van der Waals surface area contributed by atoms with E-state index in [1.807, 2.05) is 20.8 Å². The number of nitrogens with one attached hydrogen (secondary N) is 4. The summed E-state index contributed by atoms with van der Waals surface area (Å²) >= 11 is 0. The molecule has 0 saturated heterocycles. The highest BCUT2D eigenvalue weighted by atomic mass is 19.1. The van der Waals surface area contributed by atoms with Gasteiger partial charge in [0.2, 0.25) is 5.91 Å². The lowest BCUT2D eigenvalue weighted by Gasteiger charge is -2.11. The number of benzene rings is 2. The lowest BCUT2D eigenvalue weighted by molar-refractivity contribution is -0.115. The second-order valence-electron chi connectivity index (χ2n) is 6.97. The van der Waals surface area contributed by atoms with Crippen LogP contribution in [0.5, 0.6) is 0 Å². The number of fused-ring (bicyclic) bond motifs is 1. The number of H-pyrrole nitrogens is 1.